The Balaban J connectivity index is 2.60. The maximum absolute atomic E-state index is 13.0. The molecule has 0 bridgehead atoms. The molecule has 2 rings (SSSR count). The van der Waals surface area contributed by atoms with Gasteiger partial charge in [-0.25, -0.2) is 0 Å². The molecule has 31 heavy (non-hydrogen) atoms. The van der Waals surface area contributed by atoms with Gasteiger partial charge >= 0.3 is 11.9 Å². The zero-order chi connectivity index (χ0) is 23.4. The minimum Gasteiger partial charge on any atom is -0.461 e. The molecule has 168 valence electrons. The van der Waals surface area contributed by atoms with Gasteiger partial charge in [-0.3, -0.25) is 14.4 Å². The van der Waals surface area contributed by atoms with Crippen LogP contribution in [-0.4, -0.2) is 41.6 Å². The molecule has 6 nitrogen and oxygen atoms in total. The summed E-state index contributed by atoms with van der Waals surface area (Å²) in [5.74, 6) is -5.21. The molecule has 0 spiro atoms. The second-order valence-electron chi connectivity index (χ2n) is 9.19. The Labute approximate surface area is 183 Å². The molecule has 0 amide bonds. The van der Waals surface area contributed by atoms with Gasteiger partial charge < -0.3 is 14.6 Å². The van der Waals surface area contributed by atoms with Crippen molar-refractivity contribution < 1.29 is 29.0 Å². The molecule has 1 aliphatic rings. The normalized spacial score (nSPS) is 26.1. The third-order valence-electron chi connectivity index (χ3n) is 5.62. The minimum atomic E-state index is -1.68. The summed E-state index contributed by atoms with van der Waals surface area (Å²) < 4.78 is 10.4. The Morgan fingerprint density at radius 1 is 1.10 bits per heavy atom. The second kappa shape index (κ2) is 9.60. The maximum Gasteiger partial charge on any atom is 0.317 e. The van der Waals surface area contributed by atoms with Gasteiger partial charge in [0.2, 0.25) is 0 Å². The highest BCUT2D eigenvalue weighted by atomic mass is 16.5. The van der Waals surface area contributed by atoms with Gasteiger partial charge in [-0.2, -0.15) is 0 Å². The standard InChI is InChI=1S/C25H32O6/c1-7-13-30-22(27)20-18(26)15-25(6,29)21(23(28)31-14-8-2)19(20)16-9-11-17(12-10-16)24(3,4)5/h7-12,19-21,29H,1-2,13-15H2,3-6H3/t19-,20-,21+,25+/m1/s1. The van der Waals surface area contributed by atoms with Gasteiger partial charge in [0.15, 0.2) is 5.78 Å². The highest BCUT2D eigenvalue weighted by Gasteiger charge is 2.57. The van der Waals surface area contributed by atoms with E-state index in [2.05, 4.69) is 33.9 Å². The first-order valence-electron chi connectivity index (χ1n) is 10.3. The lowest BCUT2D eigenvalue weighted by atomic mass is 9.61. The molecular formula is C25H32O6. The van der Waals surface area contributed by atoms with E-state index >= 15 is 0 Å². The van der Waals surface area contributed by atoms with E-state index in [1.807, 2.05) is 12.1 Å². The molecule has 0 aliphatic heterocycles. The molecule has 0 radical (unpaired) electrons. The first-order chi connectivity index (χ1) is 14.4. The van der Waals surface area contributed by atoms with E-state index in [4.69, 9.17) is 9.47 Å². The van der Waals surface area contributed by atoms with Gasteiger partial charge in [0.25, 0.3) is 0 Å². The fourth-order valence-electron chi connectivity index (χ4n) is 4.08. The van der Waals surface area contributed by atoms with Crippen LogP contribution in [0.5, 0.6) is 0 Å². The van der Waals surface area contributed by atoms with E-state index in [-0.39, 0.29) is 25.0 Å². The predicted octanol–water partition coefficient (Wildman–Crippen LogP) is 3.48. The van der Waals surface area contributed by atoms with Gasteiger partial charge in [0, 0.05) is 12.3 Å². The SMILES string of the molecule is C=CCOC(=O)[C@@H]1C(=O)C[C@](C)(O)[C@H](C(=O)OCC=C)[C@@H]1c1ccc(C(C)(C)C)cc1. The fraction of sp³-hybridized carbons (Fsp3) is 0.480. The van der Waals surface area contributed by atoms with Gasteiger partial charge in [-0.05, 0) is 23.5 Å². The molecule has 1 fully saturated rings. The molecular weight excluding hydrogens is 396 g/mol. The first-order valence-corrected chi connectivity index (χ1v) is 10.3. The molecule has 0 saturated heterocycles. The molecule has 1 aromatic rings. The van der Waals surface area contributed by atoms with Gasteiger partial charge in [-0.1, -0.05) is 70.3 Å². The van der Waals surface area contributed by atoms with Crippen LogP contribution in [0.4, 0.5) is 0 Å². The third-order valence-corrected chi connectivity index (χ3v) is 5.62. The highest BCUT2D eigenvalue weighted by molar-refractivity contribution is 6.02. The van der Waals surface area contributed by atoms with E-state index < -0.39 is 41.1 Å². The molecule has 0 aromatic heterocycles. The summed E-state index contributed by atoms with van der Waals surface area (Å²) in [5.41, 5.74) is -0.140. The van der Waals surface area contributed by atoms with Crippen molar-refractivity contribution in [3.05, 3.63) is 60.7 Å². The summed E-state index contributed by atoms with van der Waals surface area (Å²) in [6, 6.07) is 7.39. The molecule has 1 saturated carbocycles. The first kappa shape index (κ1) is 24.5. The van der Waals surface area contributed by atoms with Crippen molar-refractivity contribution in [1.29, 1.82) is 0 Å². The molecule has 1 N–H and O–H groups in total. The molecule has 1 aromatic carbocycles. The van der Waals surface area contributed by atoms with Crippen molar-refractivity contribution in [3.63, 3.8) is 0 Å². The number of aliphatic hydroxyl groups is 1. The lowest BCUT2D eigenvalue weighted by molar-refractivity contribution is -0.171. The Bertz CT molecular complexity index is 844. The van der Waals surface area contributed by atoms with E-state index in [1.165, 1.54) is 19.1 Å². The average molecular weight is 429 g/mol. The number of rotatable bonds is 7. The van der Waals surface area contributed by atoms with Gasteiger partial charge in [0.05, 0.1) is 11.5 Å². The summed E-state index contributed by atoms with van der Waals surface area (Å²) in [6.45, 7) is 14.6. The Morgan fingerprint density at radius 3 is 2.10 bits per heavy atom. The average Bonchev–Trinajstić information content (AvgIpc) is 2.68. The molecule has 0 unspecified atom stereocenters. The largest absolute Gasteiger partial charge is 0.461 e. The summed E-state index contributed by atoms with van der Waals surface area (Å²) >= 11 is 0. The van der Waals surface area contributed by atoms with Gasteiger partial charge in [0.1, 0.15) is 19.1 Å². The quantitative estimate of drug-likeness (QED) is 0.406. The van der Waals surface area contributed by atoms with Crippen molar-refractivity contribution in [2.24, 2.45) is 11.8 Å². The number of esters is 2. The van der Waals surface area contributed by atoms with Crippen LogP contribution in [0, 0.1) is 11.8 Å². The van der Waals surface area contributed by atoms with Crippen LogP contribution in [0.2, 0.25) is 0 Å². The number of ketones is 1. The third kappa shape index (κ3) is 5.50. The molecule has 6 heteroatoms. The summed E-state index contributed by atoms with van der Waals surface area (Å²) in [4.78, 5) is 38.7. The Hall–Kier alpha value is -2.73. The van der Waals surface area contributed by atoms with Crippen LogP contribution in [0.1, 0.15) is 51.2 Å². The second-order valence-corrected chi connectivity index (χ2v) is 9.19. The minimum absolute atomic E-state index is 0.0411. The van der Waals surface area contributed by atoms with Crippen molar-refractivity contribution >= 4 is 17.7 Å². The van der Waals surface area contributed by atoms with Crippen LogP contribution in [-0.2, 0) is 29.3 Å². The fourth-order valence-corrected chi connectivity index (χ4v) is 4.08. The van der Waals surface area contributed by atoms with E-state index in [0.717, 1.165) is 5.56 Å². The smallest absolute Gasteiger partial charge is 0.317 e. The van der Waals surface area contributed by atoms with Crippen LogP contribution in [0.25, 0.3) is 0 Å². The lowest BCUT2D eigenvalue weighted by Crippen LogP contribution is -2.55. The number of hydrogen-bond donors (Lipinski definition) is 1. The lowest BCUT2D eigenvalue weighted by Gasteiger charge is -2.43. The monoisotopic (exact) mass is 428 g/mol. The zero-order valence-electron chi connectivity index (χ0n) is 18.7. The summed E-state index contributed by atoms with van der Waals surface area (Å²) in [7, 11) is 0. The number of carbonyl (C=O) groups is 3. The number of Topliss-reactive ketones (excluding diaryl/α,β-unsaturated/α-hetero) is 1. The van der Waals surface area contributed by atoms with Crippen LogP contribution < -0.4 is 0 Å². The van der Waals surface area contributed by atoms with Crippen LogP contribution >= 0.6 is 0 Å². The topological polar surface area (TPSA) is 89.9 Å². The number of benzene rings is 1. The van der Waals surface area contributed by atoms with Crippen molar-refractivity contribution in [3.8, 4) is 0 Å². The van der Waals surface area contributed by atoms with Crippen molar-refractivity contribution in [1.82, 2.24) is 0 Å². The van der Waals surface area contributed by atoms with E-state index in [9.17, 15) is 19.5 Å². The maximum atomic E-state index is 13.0. The van der Waals surface area contributed by atoms with Crippen molar-refractivity contribution in [2.45, 2.75) is 51.0 Å². The van der Waals surface area contributed by atoms with E-state index in [1.54, 1.807) is 12.1 Å². The Morgan fingerprint density at radius 2 is 1.61 bits per heavy atom. The number of ether oxygens (including phenoxy) is 2. The van der Waals surface area contributed by atoms with E-state index in [0.29, 0.717) is 5.56 Å². The molecule has 1 aliphatic carbocycles. The number of hydrogen-bond acceptors (Lipinski definition) is 6. The summed E-state index contributed by atoms with van der Waals surface area (Å²) in [6.07, 6.45) is 2.47. The highest BCUT2D eigenvalue weighted by Crippen LogP contribution is 2.47. The zero-order valence-corrected chi connectivity index (χ0v) is 18.7. The predicted molar refractivity (Wildman–Crippen MR) is 117 cm³/mol. The molecule has 0 heterocycles. The number of carbonyl (C=O) groups excluding carboxylic acids is 3. The molecule has 4 atom stereocenters. The van der Waals surface area contributed by atoms with Crippen LogP contribution in [0.15, 0.2) is 49.6 Å². The van der Waals surface area contributed by atoms with Crippen LogP contribution in [0.3, 0.4) is 0 Å². The van der Waals surface area contributed by atoms with Crippen molar-refractivity contribution in [2.75, 3.05) is 13.2 Å². The summed E-state index contributed by atoms with van der Waals surface area (Å²) in [5, 5.41) is 11.0. The Kier molecular flexibility index (Phi) is 7.60. The van der Waals surface area contributed by atoms with Gasteiger partial charge in [-0.15, -0.1) is 0 Å².